The van der Waals surface area contributed by atoms with E-state index in [1.807, 2.05) is 55.5 Å². The van der Waals surface area contributed by atoms with Gasteiger partial charge in [0, 0.05) is 4.47 Å². The molecule has 0 fully saturated rings. The molecule has 0 spiro atoms. The number of nitrogens with one attached hydrogen (secondary N) is 2. The van der Waals surface area contributed by atoms with Gasteiger partial charge in [0.1, 0.15) is 11.5 Å². The van der Waals surface area contributed by atoms with Crippen molar-refractivity contribution < 1.29 is 19.1 Å². The highest BCUT2D eigenvalue weighted by atomic mass is 79.9. The first-order chi connectivity index (χ1) is 13.9. The maximum Gasteiger partial charge on any atom is 0.279 e. The van der Waals surface area contributed by atoms with Crippen LogP contribution in [-0.4, -0.2) is 24.5 Å². The van der Waals surface area contributed by atoms with E-state index in [9.17, 15) is 9.59 Å². The minimum absolute atomic E-state index is 0.221. The molecule has 0 aliphatic heterocycles. The van der Waals surface area contributed by atoms with Gasteiger partial charge in [0.2, 0.25) is 0 Å². The summed E-state index contributed by atoms with van der Waals surface area (Å²) in [6.07, 6.45) is -0.786. The molecule has 0 saturated carbocycles. The van der Waals surface area contributed by atoms with Gasteiger partial charge in [-0.3, -0.25) is 20.4 Å². The number of hydrogen-bond acceptors (Lipinski definition) is 4. The smallest absolute Gasteiger partial charge is 0.279 e. The highest BCUT2D eigenvalue weighted by Gasteiger charge is 2.16. The van der Waals surface area contributed by atoms with Crippen LogP contribution in [-0.2, 0) is 9.59 Å². The number of hydrazine groups is 1. The summed E-state index contributed by atoms with van der Waals surface area (Å²) in [5.41, 5.74) is 5.66. The Bertz CT molecular complexity index is 1040. The lowest BCUT2D eigenvalue weighted by Crippen LogP contribution is -2.48. The molecule has 29 heavy (non-hydrogen) atoms. The quantitative estimate of drug-likeness (QED) is 0.551. The van der Waals surface area contributed by atoms with E-state index in [1.54, 1.807) is 19.1 Å². The van der Waals surface area contributed by atoms with Crippen LogP contribution in [0.25, 0.3) is 10.8 Å². The largest absolute Gasteiger partial charge is 0.484 e. The number of hydrogen-bond donors (Lipinski definition) is 2. The highest BCUT2D eigenvalue weighted by Crippen LogP contribution is 2.22. The van der Waals surface area contributed by atoms with Crippen molar-refractivity contribution in [3.63, 3.8) is 0 Å². The summed E-state index contributed by atoms with van der Waals surface area (Å²) in [6.45, 7) is 3.31. The molecule has 2 amide bonds. The predicted molar refractivity (Wildman–Crippen MR) is 115 cm³/mol. The molecule has 6 nitrogen and oxygen atoms in total. The second kappa shape index (κ2) is 9.43. The monoisotopic (exact) mass is 456 g/mol. The zero-order valence-corrected chi connectivity index (χ0v) is 17.7. The van der Waals surface area contributed by atoms with Crippen molar-refractivity contribution in [2.45, 2.75) is 20.0 Å². The maximum absolute atomic E-state index is 12.2. The van der Waals surface area contributed by atoms with Crippen molar-refractivity contribution in [3.05, 3.63) is 70.7 Å². The molecule has 2 N–H and O–H groups in total. The number of ether oxygens (including phenoxy) is 2. The fourth-order valence-corrected chi connectivity index (χ4v) is 2.87. The fourth-order valence-electron chi connectivity index (χ4n) is 2.62. The van der Waals surface area contributed by atoms with Crippen LogP contribution in [0.1, 0.15) is 12.5 Å². The van der Waals surface area contributed by atoms with E-state index in [-0.39, 0.29) is 6.61 Å². The van der Waals surface area contributed by atoms with Gasteiger partial charge >= 0.3 is 0 Å². The molecule has 3 aromatic rings. The molecule has 7 heteroatoms. The molecule has 150 valence electrons. The van der Waals surface area contributed by atoms with Crippen LogP contribution < -0.4 is 20.3 Å². The van der Waals surface area contributed by atoms with Gasteiger partial charge in [0.25, 0.3) is 11.8 Å². The molecule has 0 aromatic heterocycles. The van der Waals surface area contributed by atoms with Crippen LogP contribution in [0.5, 0.6) is 11.5 Å². The second-order valence-corrected chi connectivity index (χ2v) is 7.36. The third-order valence-electron chi connectivity index (χ3n) is 4.23. The van der Waals surface area contributed by atoms with E-state index >= 15 is 0 Å². The third kappa shape index (κ3) is 5.71. The molecule has 1 unspecified atom stereocenters. The molecule has 0 radical (unpaired) electrons. The van der Waals surface area contributed by atoms with Crippen LogP contribution in [0.4, 0.5) is 0 Å². The van der Waals surface area contributed by atoms with Crippen molar-refractivity contribution >= 4 is 38.5 Å². The fraction of sp³-hybridized carbons (Fsp3) is 0.182. The van der Waals surface area contributed by atoms with Crippen molar-refractivity contribution in [1.29, 1.82) is 0 Å². The molecule has 3 rings (SSSR count). The van der Waals surface area contributed by atoms with E-state index in [0.717, 1.165) is 20.8 Å². The Labute approximate surface area is 177 Å². The van der Waals surface area contributed by atoms with Gasteiger partial charge < -0.3 is 9.47 Å². The van der Waals surface area contributed by atoms with Crippen molar-refractivity contribution in [2.24, 2.45) is 0 Å². The van der Waals surface area contributed by atoms with E-state index in [0.29, 0.717) is 11.5 Å². The van der Waals surface area contributed by atoms with Crippen molar-refractivity contribution in [1.82, 2.24) is 10.9 Å². The topological polar surface area (TPSA) is 76.7 Å². The second-order valence-electron chi connectivity index (χ2n) is 6.51. The number of halogens is 1. The predicted octanol–water partition coefficient (Wildman–Crippen LogP) is 3.90. The van der Waals surface area contributed by atoms with Gasteiger partial charge in [-0.25, -0.2) is 0 Å². The first-order valence-electron chi connectivity index (χ1n) is 9.05. The molecule has 0 heterocycles. The van der Waals surface area contributed by atoms with Gasteiger partial charge in [0.05, 0.1) is 0 Å². The Balaban J connectivity index is 1.46. The Hall–Kier alpha value is -3.06. The molecule has 0 saturated heterocycles. The molecule has 1 atom stereocenters. The Morgan fingerprint density at radius 3 is 2.45 bits per heavy atom. The minimum atomic E-state index is -0.786. The summed E-state index contributed by atoms with van der Waals surface area (Å²) in [7, 11) is 0. The van der Waals surface area contributed by atoms with Crippen LogP contribution in [0.15, 0.2) is 65.1 Å². The zero-order chi connectivity index (χ0) is 20.8. The number of rotatable bonds is 6. The van der Waals surface area contributed by atoms with Gasteiger partial charge in [-0.15, -0.1) is 0 Å². The van der Waals surface area contributed by atoms with E-state index in [2.05, 4.69) is 26.8 Å². The lowest BCUT2D eigenvalue weighted by Gasteiger charge is -2.15. The molecule has 0 aliphatic rings. The highest BCUT2D eigenvalue weighted by molar-refractivity contribution is 9.10. The SMILES string of the molecule is Cc1cc(OCC(=O)NNC(=O)C(C)Oc2ccc3ccccc3c2)ccc1Br. The lowest BCUT2D eigenvalue weighted by molar-refractivity contribution is -0.133. The van der Waals surface area contributed by atoms with E-state index in [1.165, 1.54) is 0 Å². The first kappa shape index (κ1) is 20.7. The summed E-state index contributed by atoms with van der Waals surface area (Å²) in [5, 5.41) is 2.11. The lowest BCUT2D eigenvalue weighted by atomic mass is 10.1. The number of carbonyl (C=O) groups excluding carboxylic acids is 2. The molecular formula is C22H21BrN2O4. The number of aryl methyl sites for hydroxylation is 1. The Kier molecular flexibility index (Phi) is 6.72. The van der Waals surface area contributed by atoms with Gasteiger partial charge in [-0.1, -0.05) is 46.3 Å². The number of carbonyl (C=O) groups is 2. The van der Waals surface area contributed by atoms with Crippen LogP contribution in [0.3, 0.4) is 0 Å². The zero-order valence-electron chi connectivity index (χ0n) is 16.1. The maximum atomic E-state index is 12.2. The molecule has 0 aliphatic carbocycles. The van der Waals surface area contributed by atoms with Gasteiger partial charge in [-0.2, -0.15) is 0 Å². The number of fused-ring (bicyclic) bond motifs is 1. The van der Waals surface area contributed by atoms with E-state index in [4.69, 9.17) is 9.47 Å². The first-order valence-corrected chi connectivity index (χ1v) is 9.85. The van der Waals surface area contributed by atoms with Gasteiger partial charge in [-0.05, 0) is 60.5 Å². The summed E-state index contributed by atoms with van der Waals surface area (Å²) in [5.74, 6) is 0.203. The van der Waals surface area contributed by atoms with Crippen molar-refractivity contribution in [2.75, 3.05) is 6.61 Å². The number of benzene rings is 3. The van der Waals surface area contributed by atoms with Crippen LogP contribution in [0, 0.1) is 6.92 Å². The number of amides is 2. The van der Waals surface area contributed by atoms with Crippen LogP contribution >= 0.6 is 15.9 Å². The third-order valence-corrected chi connectivity index (χ3v) is 5.12. The summed E-state index contributed by atoms with van der Waals surface area (Å²) in [4.78, 5) is 24.1. The Morgan fingerprint density at radius 1 is 0.966 bits per heavy atom. The average molecular weight is 457 g/mol. The minimum Gasteiger partial charge on any atom is -0.484 e. The Morgan fingerprint density at radius 2 is 1.69 bits per heavy atom. The summed E-state index contributed by atoms with van der Waals surface area (Å²) in [6, 6.07) is 18.9. The van der Waals surface area contributed by atoms with Crippen LogP contribution in [0.2, 0.25) is 0 Å². The van der Waals surface area contributed by atoms with Crippen molar-refractivity contribution in [3.8, 4) is 11.5 Å². The summed E-state index contributed by atoms with van der Waals surface area (Å²) >= 11 is 3.40. The van der Waals surface area contributed by atoms with Gasteiger partial charge in [0.15, 0.2) is 12.7 Å². The molecule has 3 aromatic carbocycles. The summed E-state index contributed by atoms with van der Waals surface area (Å²) < 4.78 is 12.0. The molecule has 0 bridgehead atoms. The normalized spacial score (nSPS) is 11.6. The molecular weight excluding hydrogens is 436 g/mol. The van der Waals surface area contributed by atoms with E-state index < -0.39 is 17.9 Å². The standard InChI is InChI=1S/C22H21BrN2O4/c1-14-11-18(9-10-20(14)23)28-13-21(26)24-25-22(27)15(2)29-19-8-7-16-5-3-4-6-17(16)12-19/h3-12,15H,13H2,1-2H3,(H,24,26)(H,25,27). The average Bonchev–Trinajstić information content (AvgIpc) is 2.72.